The van der Waals surface area contributed by atoms with Crippen molar-refractivity contribution in [1.82, 2.24) is 15.0 Å². The summed E-state index contributed by atoms with van der Waals surface area (Å²) in [5.74, 6) is 0.387. The molecule has 5 nitrogen and oxygen atoms in total. The van der Waals surface area contributed by atoms with Crippen LogP contribution in [0.4, 0.5) is 0 Å². The van der Waals surface area contributed by atoms with Gasteiger partial charge in [-0.3, -0.25) is 4.79 Å². The highest BCUT2D eigenvalue weighted by atomic mass is 16.1. The molecule has 0 saturated heterocycles. The van der Waals surface area contributed by atoms with Gasteiger partial charge in [-0.15, -0.1) is 0 Å². The van der Waals surface area contributed by atoms with Crippen LogP contribution in [0.3, 0.4) is 0 Å². The Labute approximate surface area is 92.1 Å². The fourth-order valence-corrected chi connectivity index (χ4v) is 1.81. The van der Waals surface area contributed by atoms with Gasteiger partial charge in [-0.05, 0) is 12.8 Å². The first-order chi connectivity index (χ1) is 7.60. The van der Waals surface area contributed by atoms with Crippen molar-refractivity contribution >= 4 is 16.9 Å². The first kappa shape index (κ1) is 9.33. The lowest BCUT2D eigenvalue weighted by Gasteiger charge is -2.05. The molecule has 0 unspecified atom stereocenters. The Morgan fingerprint density at radius 2 is 2.31 bits per heavy atom. The van der Waals surface area contributed by atoms with Gasteiger partial charge >= 0.3 is 0 Å². The minimum Gasteiger partial charge on any atom is -0.366 e. The first-order valence-corrected chi connectivity index (χ1v) is 5.24. The largest absolute Gasteiger partial charge is 0.366 e. The molecule has 0 radical (unpaired) electrons. The summed E-state index contributed by atoms with van der Waals surface area (Å²) in [6.07, 6.45) is 5.52. The molecule has 2 heterocycles. The van der Waals surface area contributed by atoms with E-state index in [4.69, 9.17) is 5.73 Å². The average molecular weight is 216 g/mol. The predicted octanol–water partition coefficient (Wildman–Crippen LogP) is 1.11. The number of nitrogens with zero attached hydrogens (tertiary/aromatic N) is 2. The molecular formula is C11H12N4O. The van der Waals surface area contributed by atoms with Crippen LogP contribution in [-0.4, -0.2) is 20.9 Å². The monoisotopic (exact) mass is 216 g/mol. The molecular weight excluding hydrogens is 204 g/mol. The van der Waals surface area contributed by atoms with E-state index in [9.17, 15) is 4.79 Å². The van der Waals surface area contributed by atoms with Gasteiger partial charge in [0, 0.05) is 23.2 Å². The van der Waals surface area contributed by atoms with Crippen LogP contribution < -0.4 is 5.73 Å². The van der Waals surface area contributed by atoms with Gasteiger partial charge < -0.3 is 10.7 Å². The van der Waals surface area contributed by atoms with Crippen LogP contribution in [0.5, 0.6) is 0 Å². The second-order valence-electron chi connectivity index (χ2n) is 4.58. The summed E-state index contributed by atoms with van der Waals surface area (Å²) < 4.78 is 0. The van der Waals surface area contributed by atoms with Crippen LogP contribution in [0.25, 0.3) is 11.0 Å². The van der Waals surface area contributed by atoms with Crippen molar-refractivity contribution < 1.29 is 4.79 Å². The summed E-state index contributed by atoms with van der Waals surface area (Å²) in [4.78, 5) is 22.8. The van der Waals surface area contributed by atoms with Crippen molar-refractivity contribution in [1.29, 1.82) is 0 Å². The van der Waals surface area contributed by atoms with E-state index in [1.807, 2.05) is 0 Å². The van der Waals surface area contributed by atoms with E-state index in [1.54, 1.807) is 12.4 Å². The molecule has 0 atom stereocenters. The van der Waals surface area contributed by atoms with E-state index in [0.29, 0.717) is 16.6 Å². The quantitative estimate of drug-likeness (QED) is 0.788. The SMILES string of the molecule is CC1(c2ncc3c(C(N)=O)c[nH]c3n2)CC1. The van der Waals surface area contributed by atoms with Gasteiger partial charge in [-0.1, -0.05) is 6.92 Å². The molecule has 3 N–H and O–H groups in total. The molecule has 0 aromatic carbocycles. The zero-order chi connectivity index (χ0) is 11.3. The van der Waals surface area contributed by atoms with Crippen LogP contribution >= 0.6 is 0 Å². The van der Waals surface area contributed by atoms with Crippen molar-refractivity contribution in [3.8, 4) is 0 Å². The van der Waals surface area contributed by atoms with Crippen LogP contribution in [0.1, 0.15) is 35.9 Å². The van der Waals surface area contributed by atoms with Gasteiger partial charge in [-0.2, -0.15) is 0 Å². The highest BCUT2D eigenvalue weighted by Gasteiger charge is 2.42. The van der Waals surface area contributed by atoms with Crippen molar-refractivity contribution in [3.05, 3.63) is 23.8 Å². The highest BCUT2D eigenvalue weighted by Crippen LogP contribution is 2.45. The molecule has 2 aromatic rings. The minimum atomic E-state index is -0.458. The van der Waals surface area contributed by atoms with Gasteiger partial charge in [0.1, 0.15) is 11.5 Å². The summed E-state index contributed by atoms with van der Waals surface area (Å²) in [5.41, 5.74) is 6.51. The molecule has 1 aliphatic carbocycles. The topological polar surface area (TPSA) is 84.7 Å². The van der Waals surface area contributed by atoms with E-state index < -0.39 is 5.91 Å². The number of aromatic amines is 1. The van der Waals surface area contributed by atoms with E-state index in [0.717, 1.165) is 18.7 Å². The molecule has 3 rings (SSSR count). The molecule has 0 bridgehead atoms. The number of H-pyrrole nitrogens is 1. The average Bonchev–Trinajstić information content (AvgIpc) is 2.87. The fraction of sp³-hybridized carbons (Fsp3) is 0.364. The Balaban J connectivity index is 2.17. The lowest BCUT2D eigenvalue weighted by atomic mass is 10.1. The van der Waals surface area contributed by atoms with E-state index in [1.165, 1.54) is 0 Å². The molecule has 5 heteroatoms. The number of nitrogens with one attached hydrogen (secondary N) is 1. The van der Waals surface area contributed by atoms with Gasteiger partial charge in [-0.25, -0.2) is 9.97 Å². The van der Waals surface area contributed by atoms with Gasteiger partial charge in [0.2, 0.25) is 0 Å². The third-order valence-corrected chi connectivity index (χ3v) is 3.24. The highest BCUT2D eigenvalue weighted by molar-refractivity contribution is 6.04. The molecule has 1 saturated carbocycles. The molecule has 1 aliphatic rings. The summed E-state index contributed by atoms with van der Waals surface area (Å²) >= 11 is 0. The first-order valence-electron chi connectivity index (χ1n) is 5.24. The summed E-state index contributed by atoms with van der Waals surface area (Å²) in [7, 11) is 0. The maximum atomic E-state index is 11.1. The van der Waals surface area contributed by atoms with Crippen molar-refractivity contribution in [2.24, 2.45) is 5.73 Å². The Bertz CT molecular complexity index is 583. The second-order valence-corrected chi connectivity index (χ2v) is 4.58. The summed E-state index contributed by atoms with van der Waals surface area (Å²) in [5, 5.41) is 0.695. The van der Waals surface area contributed by atoms with E-state index in [2.05, 4.69) is 21.9 Å². The third-order valence-electron chi connectivity index (χ3n) is 3.24. The Kier molecular flexibility index (Phi) is 1.64. The predicted molar refractivity (Wildman–Crippen MR) is 59.0 cm³/mol. The van der Waals surface area contributed by atoms with Gasteiger partial charge in [0.05, 0.1) is 5.56 Å². The smallest absolute Gasteiger partial charge is 0.250 e. The van der Waals surface area contributed by atoms with Crippen LogP contribution in [0.15, 0.2) is 12.4 Å². The number of aromatic nitrogens is 3. The molecule has 0 aliphatic heterocycles. The normalized spacial score (nSPS) is 17.6. The fourth-order valence-electron chi connectivity index (χ4n) is 1.81. The zero-order valence-electron chi connectivity index (χ0n) is 8.95. The summed E-state index contributed by atoms with van der Waals surface area (Å²) in [6, 6.07) is 0. The standard InChI is InChI=1S/C11H12N4O/c1-11(2-3-11)10-14-5-7-6(8(12)16)4-13-9(7)15-10/h4-5H,2-3H2,1H3,(H2,12,16)(H,13,14,15). The maximum Gasteiger partial charge on any atom is 0.250 e. The molecule has 82 valence electrons. The number of hydrogen-bond acceptors (Lipinski definition) is 3. The van der Waals surface area contributed by atoms with Crippen LogP contribution in [0.2, 0.25) is 0 Å². The number of carbonyl (C=O) groups is 1. The third kappa shape index (κ3) is 1.21. The number of fused-ring (bicyclic) bond motifs is 1. The van der Waals surface area contributed by atoms with Gasteiger partial charge in [0.25, 0.3) is 5.91 Å². The van der Waals surface area contributed by atoms with Crippen molar-refractivity contribution in [2.75, 3.05) is 0 Å². The minimum absolute atomic E-state index is 0.131. The Hall–Kier alpha value is -1.91. The Morgan fingerprint density at radius 3 is 2.94 bits per heavy atom. The van der Waals surface area contributed by atoms with Crippen LogP contribution in [0, 0.1) is 0 Å². The second kappa shape index (κ2) is 2.81. The number of primary amides is 1. The van der Waals surface area contributed by atoms with Crippen molar-refractivity contribution in [2.45, 2.75) is 25.2 Å². The van der Waals surface area contributed by atoms with Crippen LogP contribution in [-0.2, 0) is 5.41 Å². The maximum absolute atomic E-state index is 11.1. The van der Waals surface area contributed by atoms with E-state index >= 15 is 0 Å². The molecule has 0 spiro atoms. The summed E-state index contributed by atoms with van der Waals surface area (Å²) in [6.45, 7) is 2.14. The molecule has 1 amide bonds. The zero-order valence-corrected chi connectivity index (χ0v) is 8.95. The number of hydrogen-bond donors (Lipinski definition) is 2. The Morgan fingerprint density at radius 1 is 1.56 bits per heavy atom. The molecule has 2 aromatic heterocycles. The van der Waals surface area contributed by atoms with Gasteiger partial charge in [0.15, 0.2) is 0 Å². The molecule has 1 fully saturated rings. The molecule has 16 heavy (non-hydrogen) atoms. The number of rotatable bonds is 2. The van der Waals surface area contributed by atoms with E-state index in [-0.39, 0.29) is 5.41 Å². The number of amides is 1. The number of carbonyl (C=O) groups excluding carboxylic acids is 1. The lowest BCUT2D eigenvalue weighted by molar-refractivity contribution is 0.100. The number of nitrogens with two attached hydrogens (primary N) is 1. The van der Waals surface area contributed by atoms with Crippen molar-refractivity contribution in [3.63, 3.8) is 0 Å². The lowest BCUT2D eigenvalue weighted by Crippen LogP contribution is -2.10.